The van der Waals surface area contributed by atoms with Crippen LogP contribution >= 0.6 is 0 Å². The van der Waals surface area contributed by atoms with E-state index < -0.39 is 6.10 Å². The molecule has 0 spiro atoms. The summed E-state index contributed by atoms with van der Waals surface area (Å²) in [6, 6.07) is 13.1. The lowest BCUT2D eigenvalue weighted by molar-refractivity contribution is -0.130. The van der Waals surface area contributed by atoms with Crippen molar-refractivity contribution in [1.82, 2.24) is 20.1 Å². The number of rotatable bonds is 4. The number of benzene rings is 1. The van der Waals surface area contributed by atoms with E-state index in [2.05, 4.69) is 15.4 Å². The Hall–Kier alpha value is -3.35. The summed E-state index contributed by atoms with van der Waals surface area (Å²) in [6.45, 7) is 0.507. The molecule has 1 atom stereocenters. The minimum Gasteiger partial charge on any atom is -0.485 e. The molecule has 7 heteroatoms. The summed E-state index contributed by atoms with van der Waals surface area (Å²) in [7, 11) is 1.87. The maximum Gasteiger partial charge on any atom is 0.265 e. The van der Waals surface area contributed by atoms with E-state index in [1.54, 1.807) is 23.1 Å². The number of carbonyl (C=O) groups excluding carboxylic acids is 1. The van der Waals surface area contributed by atoms with E-state index >= 15 is 0 Å². The summed E-state index contributed by atoms with van der Waals surface area (Å²) in [5, 5.41) is 7.31. The van der Waals surface area contributed by atoms with Gasteiger partial charge >= 0.3 is 0 Å². The van der Waals surface area contributed by atoms with E-state index in [0.717, 1.165) is 17.0 Å². The quantitative estimate of drug-likeness (QED) is 0.778. The van der Waals surface area contributed by atoms with Crippen LogP contribution in [0.1, 0.15) is 5.69 Å². The van der Waals surface area contributed by atoms with Gasteiger partial charge in [0.2, 0.25) is 6.10 Å². The molecule has 26 heavy (non-hydrogen) atoms. The third-order valence-electron chi connectivity index (χ3n) is 4.15. The Balaban J connectivity index is 1.40. The summed E-state index contributed by atoms with van der Waals surface area (Å²) in [6.07, 6.45) is 2.80. The van der Waals surface area contributed by atoms with Crippen molar-refractivity contribution in [3.63, 3.8) is 0 Å². The zero-order valence-corrected chi connectivity index (χ0v) is 14.3. The molecule has 0 saturated carbocycles. The first-order valence-electron chi connectivity index (χ1n) is 8.30. The summed E-state index contributed by atoms with van der Waals surface area (Å²) in [4.78, 5) is 16.4. The normalized spacial score (nSPS) is 15.5. The maximum atomic E-state index is 12.4. The topological polar surface area (TPSA) is 78.3 Å². The summed E-state index contributed by atoms with van der Waals surface area (Å²) < 4.78 is 13.1. The highest BCUT2D eigenvalue weighted by Crippen LogP contribution is 2.30. The van der Waals surface area contributed by atoms with E-state index in [0.29, 0.717) is 18.0 Å². The van der Waals surface area contributed by atoms with Crippen LogP contribution in [0.5, 0.6) is 11.5 Å². The monoisotopic (exact) mass is 350 g/mol. The number of carbonyl (C=O) groups is 1. The molecule has 4 rings (SSSR count). The van der Waals surface area contributed by atoms with Crippen LogP contribution in [0, 0.1) is 0 Å². The van der Waals surface area contributed by atoms with Crippen LogP contribution in [-0.2, 0) is 18.4 Å². The molecule has 1 aliphatic rings. The fourth-order valence-corrected chi connectivity index (χ4v) is 2.85. The molecule has 7 nitrogen and oxygen atoms in total. The highest BCUT2D eigenvalue weighted by atomic mass is 16.6. The fraction of sp³-hybridized carbons (Fsp3) is 0.211. The summed E-state index contributed by atoms with van der Waals surface area (Å²) >= 11 is 0. The van der Waals surface area contributed by atoms with Crippen molar-refractivity contribution in [3.8, 4) is 22.8 Å². The van der Waals surface area contributed by atoms with Gasteiger partial charge < -0.3 is 14.8 Å². The second-order valence-electron chi connectivity index (χ2n) is 5.96. The molecular weight excluding hydrogens is 332 g/mol. The smallest absolute Gasteiger partial charge is 0.265 e. The number of aromatic nitrogens is 3. The Morgan fingerprint density at radius 2 is 2.00 bits per heavy atom. The van der Waals surface area contributed by atoms with E-state index in [-0.39, 0.29) is 12.5 Å². The first-order chi connectivity index (χ1) is 12.7. The lowest BCUT2D eigenvalue weighted by Gasteiger charge is -2.25. The molecule has 1 unspecified atom stereocenters. The molecule has 0 fully saturated rings. The van der Waals surface area contributed by atoms with Crippen LogP contribution in [0.2, 0.25) is 0 Å². The molecule has 1 aromatic carbocycles. The zero-order valence-electron chi connectivity index (χ0n) is 14.3. The largest absolute Gasteiger partial charge is 0.485 e. The van der Waals surface area contributed by atoms with Crippen molar-refractivity contribution in [2.45, 2.75) is 12.6 Å². The number of ether oxygens (including phenoxy) is 2. The summed E-state index contributed by atoms with van der Waals surface area (Å²) in [5.41, 5.74) is 2.75. The van der Waals surface area contributed by atoms with Crippen molar-refractivity contribution in [2.24, 2.45) is 7.05 Å². The van der Waals surface area contributed by atoms with E-state index in [9.17, 15) is 4.79 Å². The van der Waals surface area contributed by atoms with Gasteiger partial charge in [0.05, 0.1) is 17.9 Å². The number of para-hydroxylation sites is 2. The molecule has 1 amide bonds. The summed E-state index contributed by atoms with van der Waals surface area (Å²) in [5.74, 6) is 1.01. The standard InChI is InChI=1S/C19H18N4O3/c1-23-15(13-6-8-20-9-7-13)10-14(22-23)11-21-19(24)18-12-25-16-4-2-3-5-17(16)26-18/h2-10,18H,11-12H2,1H3,(H,21,24). The minimum atomic E-state index is -0.673. The zero-order chi connectivity index (χ0) is 17.9. The van der Waals surface area contributed by atoms with Gasteiger partial charge in [0.25, 0.3) is 5.91 Å². The Labute approximate surface area is 150 Å². The lowest BCUT2D eigenvalue weighted by atomic mass is 10.2. The van der Waals surface area contributed by atoms with E-state index in [1.165, 1.54) is 0 Å². The molecule has 0 saturated heterocycles. The van der Waals surface area contributed by atoms with Gasteiger partial charge in [-0.3, -0.25) is 14.5 Å². The fourth-order valence-electron chi connectivity index (χ4n) is 2.85. The third-order valence-corrected chi connectivity index (χ3v) is 4.15. The van der Waals surface area contributed by atoms with Crippen LogP contribution in [0.4, 0.5) is 0 Å². The number of fused-ring (bicyclic) bond motifs is 1. The van der Waals surface area contributed by atoms with Gasteiger partial charge in [0, 0.05) is 25.0 Å². The highest BCUT2D eigenvalue weighted by Gasteiger charge is 2.27. The third kappa shape index (κ3) is 3.23. The van der Waals surface area contributed by atoms with Crippen molar-refractivity contribution < 1.29 is 14.3 Å². The van der Waals surface area contributed by atoms with Gasteiger partial charge in [-0.15, -0.1) is 0 Å². The maximum absolute atomic E-state index is 12.4. The van der Waals surface area contributed by atoms with Gasteiger partial charge in [0.15, 0.2) is 11.5 Å². The van der Waals surface area contributed by atoms with Gasteiger partial charge in [-0.05, 0) is 30.3 Å². The number of amides is 1. The molecule has 1 aliphatic heterocycles. The van der Waals surface area contributed by atoms with Crippen LogP contribution in [0.15, 0.2) is 54.9 Å². The van der Waals surface area contributed by atoms with Gasteiger partial charge in [0.1, 0.15) is 6.61 Å². The van der Waals surface area contributed by atoms with Crippen molar-refractivity contribution in [3.05, 3.63) is 60.6 Å². The van der Waals surface area contributed by atoms with Gasteiger partial charge in [-0.2, -0.15) is 5.10 Å². The first-order valence-corrected chi connectivity index (χ1v) is 8.30. The molecule has 3 aromatic rings. The Bertz CT molecular complexity index is 924. The molecular formula is C19H18N4O3. The molecule has 2 aromatic heterocycles. The lowest BCUT2D eigenvalue weighted by Crippen LogP contribution is -2.43. The highest BCUT2D eigenvalue weighted by molar-refractivity contribution is 5.81. The van der Waals surface area contributed by atoms with Crippen LogP contribution in [0.3, 0.4) is 0 Å². The first kappa shape index (κ1) is 16.1. The van der Waals surface area contributed by atoms with Gasteiger partial charge in [-0.1, -0.05) is 12.1 Å². The average molecular weight is 350 g/mol. The van der Waals surface area contributed by atoms with Crippen molar-refractivity contribution in [1.29, 1.82) is 0 Å². The van der Waals surface area contributed by atoms with E-state index in [4.69, 9.17) is 9.47 Å². The SMILES string of the molecule is Cn1nc(CNC(=O)C2COc3ccccc3O2)cc1-c1ccncc1. The van der Waals surface area contributed by atoms with Crippen LogP contribution in [-0.4, -0.2) is 33.4 Å². The van der Waals surface area contributed by atoms with Crippen molar-refractivity contribution >= 4 is 5.91 Å². The molecule has 3 heterocycles. The Morgan fingerprint density at radius 1 is 1.23 bits per heavy atom. The molecule has 0 aliphatic carbocycles. The number of hydrogen-bond acceptors (Lipinski definition) is 5. The number of aryl methyl sites for hydroxylation is 1. The van der Waals surface area contributed by atoms with Crippen LogP contribution < -0.4 is 14.8 Å². The molecule has 0 radical (unpaired) electrons. The predicted molar refractivity (Wildman–Crippen MR) is 94.6 cm³/mol. The average Bonchev–Trinajstić information content (AvgIpc) is 3.07. The second kappa shape index (κ2) is 6.87. The minimum absolute atomic E-state index is 0.188. The molecule has 0 bridgehead atoms. The molecule has 132 valence electrons. The van der Waals surface area contributed by atoms with Crippen molar-refractivity contribution in [2.75, 3.05) is 6.61 Å². The van der Waals surface area contributed by atoms with Crippen LogP contribution in [0.25, 0.3) is 11.3 Å². The molecule has 1 N–H and O–H groups in total. The number of nitrogens with zero attached hydrogens (tertiary/aromatic N) is 3. The predicted octanol–water partition coefficient (Wildman–Crippen LogP) is 1.94. The number of nitrogens with one attached hydrogen (secondary N) is 1. The number of pyridine rings is 1. The number of hydrogen-bond donors (Lipinski definition) is 1. The second-order valence-corrected chi connectivity index (χ2v) is 5.96. The van der Waals surface area contributed by atoms with E-state index in [1.807, 2.05) is 43.4 Å². The Kier molecular flexibility index (Phi) is 4.27. The Morgan fingerprint density at radius 3 is 2.81 bits per heavy atom. The van der Waals surface area contributed by atoms with Gasteiger partial charge in [-0.25, -0.2) is 0 Å².